The fourth-order valence-electron chi connectivity index (χ4n) is 1.43. The molecular formula is C11H12ClN5O. The number of amides is 1. The van der Waals surface area contributed by atoms with Gasteiger partial charge < -0.3 is 10.6 Å². The Morgan fingerprint density at radius 1 is 1.50 bits per heavy atom. The van der Waals surface area contributed by atoms with Gasteiger partial charge in [0.2, 0.25) is 0 Å². The van der Waals surface area contributed by atoms with Gasteiger partial charge in [0.25, 0.3) is 5.91 Å². The molecule has 0 spiro atoms. The van der Waals surface area contributed by atoms with Gasteiger partial charge in [-0.15, -0.1) is 0 Å². The van der Waals surface area contributed by atoms with Gasteiger partial charge in [0.15, 0.2) is 0 Å². The molecule has 7 heteroatoms. The Morgan fingerprint density at radius 3 is 2.83 bits per heavy atom. The number of halogens is 1. The molecule has 0 saturated heterocycles. The van der Waals surface area contributed by atoms with E-state index in [0.29, 0.717) is 22.2 Å². The lowest BCUT2D eigenvalue weighted by Crippen LogP contribution is -2.15. The Labute approximate surface area is 109 Å². The van der Waals surface area contributed by atoms with Gasteiger partial charge in [-0.3, -0.25) is 9.48 Å². The van der Waals surface area contributed by atoms with Gasteiger partial charge in [-0.1, -0.05) is 11.6 Å². The number of aromatic nitrogens is 3. The van der Waals surface area contributed by atoms with Crippen molar-refractivity contribution in [1.82, 2.24) is 14.8 Å². The molecule has 1 amide bonds. The standard InChI is InChI=1S/C11H12ClN5O/c1-13-10-8(12)5-7(6-14-10)11(18)16-9-3-4-15-17(9)2/h3-6H,1-2H3,(H,13,14)(H,16,18). The number of carbonyl (C=O) groups is 1. The number of nitrogens with one attached hydrogen (secondary N) is 2. The summed E-state index contributed by atoms with van der Waals surface area (Å²) in [5.41, 5.74) is 0.389. The third-order valence-corrected chi connectivity index (χ3v) is 2.69. The maximum atomic E-state index is 11.9. The van der Waals surface area contributed by atoms with Crippen LogP contribution in [0.2, 0.25) is 5.02 Å². The van der Waals surface area contributed by atoms with Crippen molar-refractivity contribution in [2.24, 2.45) is 7.05 Å². The van der Waals surface area contributed by atoms with Crippen molar-refractivity contribution in [1.29, 1.82) is 0 Å². The second kappa shape index (κ2) is 5.05. The number of hydrogen-bond donors (Lipinski definition) is 2. The molecule has 2 N–H and O–H groups in total. The van der Waals surface area contributed by atoms with Crippen LogP contribution in [0.5, 0.6) is 0 Å². The highest BCUT2D eigenvalue weighted by atomic mass is 35.5. The molecule has 2 aromatic rings. The zero-order valence-electron chi connectivity index (χ0n) is 9.94. The smallest absolute Gasteiger partial charge is 0.258 e. The topological polar surface area (TPSA) is 71.8 Å². The molecule has 2 heterocycles. The van der Waals surface area contributed by atoms with E-state index >= 15 is 0 Å². The highest BCUT2D eigenvalue weighted by Crippen LogP contribution is 2.20. The van der Waals surface area contributed by atoms with Crippen LogP contribution >= 0.6 is 11.6 Å². The predicted octanol–water partition coefficient (Wildman–Crippen LogP) is 1.76. The molecule has 0 fully saturated rings. The summed E-state index contributed by atoms with van der Waals surface area (Å²) < 4.78 is 1.56. The Bertz CT molecular complexity index is 581. The second-order valence-corrected chi connectivity index (χ2v) is 4.01. The molecule has 0 bridgehead atoms. The molecule has 0 radical (unpaired) electrons. The van der Waals surface area contributed by atoms with E-state index in [9.17, 15) is 4.79 Å². The first-order valence-electron chi connectivity index (χ1n) is 5.24. The van der Waals surface area contributed by atoms with Crippen LogP contribution in [-0.2, 0) is 7.05 Å². The summed E-state index contributed by atoms with van der Waals surface area (Å²) in [6.07, 6.45) is 3.06. The van der Waals surface area contributed by atoms with Crippen LogP contribution in [0.15, 0.2) is 24.5 Å². The van der Waals surface area contributed by atoms with Crippen LogP contribution in [0.3, 0.4) is 0 Å². The summed E-state index contributed by atoms with van der Waals surface area (Å²) >= 11 is 5.96. The van der Waals surface area contributed by atoms with Crippen molar-refractivity contribution < 1.29 is 4.79 Å². The first-order chi connectivity index (χ1) is 8.61. The second-order valence-electron chi connectivity index (χ2n) is 3.60. The third-order valence-electron chi connectivity index (χ3n) is 2.40. The number of carbonyl (C=O) groups excluding carboxylic acids is 1. The fourth-order valence-corrected chi connectivity index (χ4v) is 1.69. The Kier molecular flexibility index (Phi) is 3.47. The predicted molar refractivity (Wildman–Crippen MR) is 70.0 cm³/mol. The minimum atomic E-state index is -0.282. The normalized spacial score (nSPS) is 10.2. The highest BCUT2D eigenvalue weighted by molar-refractivity contribution is 6.33. The van der Waals surface area contributed by atoms with Gasteiger partial charge in [-0.25, -0.2) is 4.98 Å². The van der Waals surface area contributed by atoms with E-state index in [1.807, 2.05) is 0 Å². The molecule has 2 aromatic heterocycles. The van der Waals surface area contributed by atoms with Gasteiger partial charge in [0.05, 0.1) is 16.8 Å². The van der Waals surface area contributed by atoms with E-state index in [1.165, 1.54) is 6.20 Å². The van der Waals surface area contributed by atoms with E-state index in [0.717, 1.165) is 0 Å². The van der Waals surface area contributed by atoms with E-state index in [1.54, 1.807) is 37.1 Å². The minimum Gasteiger partial charge on any atom is -0.372 e. The third kappa shape index (κ3) is 2.43. The first kappa shape index (κ1) is 12.4. The zero-order valence-corrected chi connectivity index (χ0v) is 10.7. The maximum Gasteiger partial charge on any atom is 0.258 e. The van der Waals surface area contributed by atoms with E-state index < -0.39 is 0 Å². The molecule has 0 aromatic carbocycles. The van der Waals surface area contributed by atoms with Crippen molar-refractivity contribution in [3.8, 4) is 0 Å². The number of nitrogens with zero attached hydrogens (tertiary/aromatic N) is 3. The lowest BCUT2D eigenvalue weighted by molar-refractivity contribution is 0.102. The average molecular weight is 266 g/mol. The van der Waals surface area contributed by atoms with Crippen LogP contribution < -0.4 is 10.6 Å². The molecular weight excluding hydrogens is 254 g/mol. The summed E-state index contributed by atoms with van der Waals surface area (Å²) in [4.78, 5) is 16.0. The minimum absolute atomic E-state index is 0.282. The lowest BCUT2D eigenvalue weighted by Gasteiger charge is -2.07. The molecule has 0 aliphatic carbocycles. The maximum absolute atomic E-state index is 11.9. The van der Waals surface area contributed by atoms with E-state index in [-0.39, 0.29) is 5.91 Å². The molecule has 0 unspecified atom stereocenters. The first-order valence-corrected chi connectivity index (χ1v) is 5.62. The van der Waals surface area contributed by atoms with Gasteiger partial charge in [-0.2, -0.15) is 5.10 Å². The zero-order chi connectivity index (χ0) is 13.1. The van der Waals surface area contributed by atoms with E-state index in [2.05, 4.69) is 20.7 Å². The van der Waals surface area contributed by atoms with Crippen molar-refractivity contribution in [2.45, 2.75) is 0 Å². The highest BCUT2D eigenvalue weighted by Gasteiger charge is 2.11. The number of anilines is 2. The van der Waals surface area contributed by atoms with Gasteiger partial charge in [0.1, 0.15) is 11.6 Å². The molecule has 2 rings (SSSR count). The summed E-state index contributed by atoms with van der Waals surface area (Å²) in [7, 11) is 3.45. The SMILES string of the molecule is CNc1ncc(C(=O)Nc2ccnn2C)cc1Cl. The monoisotopic (exact) mass is 265 g/mol. The Hall–Kier alpha value is -2.08. The van der Waals surface area contributed by atoms with Crippen LogP contribution in [0.4, 0.5) is 11.6 Å². The number of hydrogen-bond acceptors (Lipinski definition) is 4. The van der Waals surface area contributed by atoms with Crippen molar-refractivity contribution in [3.05, 3.63) is 35.1 Å². The van der Waals surface area contributed by atoms with Gasteiger partial charge >= 0.3 is 0 Å². The summed E-state index contributed by atoms with van der Waals surface area (Å²) in [6, 6.07) is 3.26. The van der Waals surface area contributed by atoms with Gasteiger partial charge in [0, 0.05) is 26.4 Å². The number of pyridine rings is 1. The fraction of sp³-hybridized carbons (Fsp3) is 0.182. The van der Waals surface area contributed by atoms with Crippen molar-refractivity contribution >= 4 is 29.1 Å². The molecule has 0 atom stereocenters. The molecule has 0 saturated carbocycles. The Morgan fingerprint density at radius 2 is 2.28 bits per heavy atom. The lowest BCUT2D eigenvalue weighted by atomic mass is 10.2. The Balaban J connectivity index is 2.19. The van der Waals surface area contributed by atoms with Crippen molar-refractivity contribution in [3.63, 3.8) is 0 Å². The van der Waals surface area contributed by atoms with Crippen LogP contribution in [0, 0.1) is 0 Å². The summed E-state index contributed by atoms with van der Waals surface area (Å²) in [5, 5.41) is 9.90. The van der Waals surface area contributed by atoms with Crippen molar-refractivity contribution in [2.75, 3.05) is 17.7 Å². The molecule has 6 nitrogen and oxygen atoms in total. The molecule has 94 valence electrons. The summed E-state index contributed by atoms with van der Waals surface area (Å²) in [5.74, 6) is 0.859. The van der Waals surface area contributed by atoms with Crippen LogP contribution in [0.25, 0.3) is 0 Å². The quantitative estimate of drug-likeness (QED) is 0.887. The average Bonchev–Trinajstić information content (AvgIpc) is 2.75. The van der Waals surface area contributed by atoms with Crippen LogP contribution in [0.1, 0.15) is 10.4 Å². The van der Waals surface area contributed by atoms with Gasteiger partial charge in [-0.05, 0) is 6.07 Å². The number of rotatable bonds is 3. The molecule has 0 aliphatic rings. The largest absolute Gasteiger partial charge is 0.372 e. The van der Waals surface area contributed by atoms with E-state index in [4.69, 9.17) is 11.6 Å². The molecule has 0 aliphatic heterocycles. The number of aryl methyl sites for hydroxylation is 1. The van der Waals surface area contributed by atoms with Crippen LogP contribution in [-0.4, -0.2) is 27.7 Å². The summed E-state index contributed by atoms with van der Waals surface area (Å²) in [6.45, 7) is 0. The molecule has 18 heavy (non-hydrogen) atoms.